The summed E-state index contributed by atoms with van der Waals surface area (Å²) in [5, 5.41) is 0. The SMILES string of the molecule is CC(C)N(CCC(N)=S)C(C)c1ccccc1. The summed E-state index contributed by atoms with van der Waals surface area (Å²) in [6, 6.07) is 11.4. The number of nitrogens with two attached hydrogens (primary N) is 1. The monoisotopic (exact) mass is 250 g/mol. The molecule has 17 heavy (non-hydrogen) atoms. The summed E-state index contributed by atoms with van der Waals surface area (Å²) in [7, 11) is 0. The maximum absolute atomic E-state index is 5.58. The maximum atomic E-state index is 5.58. The van der Waals surface area contributed by atoms with Crippen molar-refractivity contribution in [2.45, 2.75) is 39.3 Å². The average molecular weight is 250 g/mol. The van der Waals surface area contributed by atoms with Gasteiger partial charge >= 0.3 is 0 Å². The van der Waals surface area contributed by atoms with Gasteiger partial charge in [0.2, 0.25) is 0 Å². The molecule has 0 spiro atoms. The van der Waals surface area contributed by atoms with Gasteiger partial charge in [0, 0.05) is 25.0 Å². The van der Waals surface area contributed by atoms with E-state index in [1.165, 1.54) is 5.56 Å². The quantitative estimate of drug-likeness (QED) is 0.787. The highest BCUT2D eigenvalue weighted by molar-refractivity contribution is 7.80. The lowest BCUT2D eigenvalue weighted by Crippen LogP contribution is -2.35. The van der Waals surface area contributed by atoms with Gasteiger partial charge < -0.3 is 5.73 Å². The zero-order valence-electron chi connectivity index (χ0n) is 10.9. The molecule has 1 rings (SSSR count). The van der Waals surface area contributed by atoms with Crippen molar-refractivity contribution in [1.29, 1.82) is 0 Å². The Morgan fingerprint density at radius 2 is 1.82 bits per heavy atom. The van der Waals surface area contributed by atoms with Crippen LogP contribution in [-0.4, -0.2) is 22.5 Å². The predicted octanol–water partition coefficient (Wildman–Crippen LogP) is 3.13. The average Bonchev–Trinajstić information content (AvgIpc) is 2.29. The van der Waals surface area contributed by atoms with Crippen molar-refractivity contribution in [3.05, 3.63) is 35.9 Å². The van der Waals surface area contributed by atoms with Crippen LogP contribution in [0, 0.1) is 0 Å². The van der Waals surface area contributed by atoms with E-state index in [1.807, 2.05) is 6.07 Å². The van der Waals surface area contributed by atoms with Gasteiger partial charge in [-0.3, -0.25) is 4.90 Å². The van der Waals surface area contributed by atoms with Gasteiger partial charge in [-0.2, -0.15) is 0 Å². The molecule has 0 aromatic heterocycles. The summed E-state index contributed by atoms with van der Waals surface area (Å²) in [5.41, 5.74) is 6.92. The molecule has 0 aliphatic carbocycles. The first-order valence-corrected chi connectivity index (χ1v) is 6.52. The van der Waals surface area contributed by atoms with Crippen molar-refractivity contribution < 1.29 is 0 Å². The van der Waals surface area contributed by atoms with Crippen molar-refractivity contribution in [3.8, 4) is 0 Å². The number of hydrogen-bond donors (Lipinski definition) is 1. The highest BCUT2D eigenvalue weighted by Gasteiger charge is 2.18. The second-order valence-corrected chi connectivity index (χ2v) is 5.16. The molecule has 1 unspecified atom stereocenters. The van der Waals surface area contributed by atoms with Crippen molar-refractivity contribution in [3.63, 3.8) is 0 Å². The number of rotatable bonds is 6. The highest BCUT2D eigenvalue weighted by Crippen LogP contribution is 2.22. The summed E-state index contributed by atoms with van der Waals surface area (Å²) < 4.78 is 0. The normalized spacial score (nSPS) is 13.0. The van der Waals surface area contributed by atoms with Gasteiger partial charge in [-0.15, -0.1) is 0 Å². The molecule has 1 atom stereocenters. The molecular formula is C14H22N2S. The Labute approximate surface area is 110 Å². The van der Waals surface area contributed by atoms with Gasteiger partial charge in [-0.25, -0.2) is 0 Å². The van der Waals surface area contributed by atoms with Crippen molar-refractivity contribution in [2.24, 2.45) is 5.73 Å². The molecule has 0 radical (unpaired) electrons. The van der Waals surface area contributed by atoms with E-state index in [-0.39, 0.29) is 0 Å². The Hall–Kier alpha value is -0.930. The Bertz CT molecular complexity index is 348. The molecule has 0 aliphatic heterocycles. The first-order chi connectivity index (χ1) is 8.02. The van der Waals surface area contributed by atoms with Gasteiger partial charge in [0.1, 0.15) is 0 Å². The van der Waals surface area contributed by atoms with Crippen LogP contribution in [-0.2, 0) is 0 Å². The lowest BCUT2D eigenvalue weighted by molar-refractivity contribution is 0.170. The first kappa shape index (κ1) is 14.1. The standard InChI is InChI=1S/C14H22N2S/c1-11(2)16(10-9-14(15)17)12(3)13-7-5-4-6-8-13/h4-8,11-12H,9-10H2,1-3H3,(H2,15,17). The van der Waals surface area contributed by atoms with Crippen LogP contribution >= 0.6 is 12.2 Å². The molecule has 2 nitrogen and oxygen atoms in total. The molecule has 94 valence electrons. The van der Waals surface area contributed by atoms with Crippen LogP contribution in [0.5, 0.6) is 0 Å². The van der Waals surface area contributed by atoms with E-state index in [0.29, 0.717) is 17.1 Å². The van der Waals surface area contributed by atoms with Crippen LogP contribution in [0.4, 0.5) is 0 Å². The predicted molar refractivity (Wildman–Crippen MR) is 78.1 cm³/mol. The molecule has 1 aromatic carbocycles. The van der Waals surface area contributed by atoms with Gasteiger partial charge in [-0.1, -0.05) is 42.5 Å². The molecule has 0 saturated carbocycles. The lowest BCUT2D eigenvalue weighted by atomic mass is 10.1. The molecule has 0 amide bonds. The zero-order chi connectivity index (χ0) is 12.8. The van der Waals surface area contributed by atoms with E-state index >= 15 is 0 Å². The van der Waals surface area contributed by atoms with Crippen LogP contribution in [0.3, 0.4) is 0 Å². The molecule has 2 N–H and O–H groups in total. The summed E-state index contributed by atoms with van der Waals surface area (Å²) in [5.74, 6) is 0. The van der Waals surface area contributed by atoms with E-state index in [0.717, 1.165) is 13.0 Å². The minimum absolute atomic E-state index is 0.394. The second-order valence-electron chi connectivity index (χ2n) is 4.63. The minimum atomic E-state index is 0.394. The summed E-state index contributed by atoms with van der Waals surface area (Å²) in [6.07, 6.45) is 0.782. The molecule has 0 heterocycles. The van der Waals surface area contributed by atoms with E-state index in [1.54, 1.807) is 0 Å². The molecule has 0 fully saturated rings. The molecule has 0 saturated heterocycles. The summed E-state index contributed by atoms with van der Waals surface area (Å²) in [4.78, 5) is 3.02. The third-order valence-electron chi connectivity index (χ3n) is 3.06. The summed E-state index contributed by atoms with van der Waals surface area (Å²) >= 11 is 4.95. The topological polar surface area (TPSA) is 29.3 Å². The Morgan fingerprint density at radius 3 is 2.29 bits per heavy atom. The smallest absolute Gasteiger partial charge is 0.0740 e. The van der Waals surface area contributed by atoms with E-state index in [4.69, 9.17) is 18.0 Å². The van der Waals surface area contributed by atoms with E-state index in [2.05, 4.69) is 49.9 Å². The summed E-state index contributed by atoms with van der Waals surface area (Å²) in [6.45, 7) is 7.57. The van der Waals surface area contributed by atoms with Crippen LogP contribution in [0.1, 0.15) is 38.8 Å². The molecule has 1 aromatic rings. The van der Waals surface area contributed by atoms with Crippen LogP contribution in [0.25, 0.3) is 0 Å². The number of nitrogens with zero attached hydrogens (tertiary/aromatic N) is 1. The van der Waals surface area contributed by atoms with Gasteiger partial charge in [0.05, 0.1) is 4.99 Å². The largest absolute Gasteiger partial charge is 0.393 e. The van der Waals surface area contributed by atoms with Crippen molar-refractivity contribution >= 4 is 17.2 Å². The lowest BCUT2D eigenvalue weighted by Gasteiger charge is -2.33. The highest BCUT2D eigenvalue weighted by atomic mass is 32.1. The second kappa shape index (κ2) is 6.72. The Morgan fingerprint density at radius 1 is 1.24 bits per heavy atom. The van der Waals surface area contributed by atoms with Crippen LogP contribution in [0.15, 0.2) is 30.3 Å². The maximum Gasteiger partial charge on any atom is 0.0740 e. The van der Waals surface area contributed by atoms with Crippen LogP contribution in [0.2, 0.25) is 0 Å². The number of hydrogen-bond acceptors (Lipinski definition) is 2. The minimum Gasteiger partial charge on any atom is -0.393 e. The van der Waals surface area contributed by atoms with E-state index < -0.39 is 0 Å². The van der Waals surface area contributed by atoms with Crippen LogP contribution < -0.4 is 5.73 Å². The fraction of sp³-hybridized carbons (Fsp3) is 0.500. The third-order valence-corrected chi connectivity index (χ3v) is 3.26. The van der Waals surface area contributed by atoms with Crippen molar-refractivity contribution in [2.75, 3.05) is 6.54 Å². The van der Waals surface area contributed by atoms with Gasteiger partial charge in [-0.05, 0) is 26.3 Å². The van der Waals surface area contributed by atoms with Gasteiger partial charge in [0.15, 0.2) is 0 Å². The Balaban J connectivity index is 2.73. The fourth-order valence-corrected chi connectivity index (χ4v) is 2.15. The molecule has 0 bridgehead atoms. The molecule has 3 heteroatoms. The van der Waals surface area contributed by atoms with Crippen molar-refractivity contribution in [1.82, 2.24) is 4.90 Å². The van der Waals surface area contributed by atoms with E-state index in [9.17, 15) is 0 Å². The third kappa shape index (κ3) is 4.44. The molecular weight excluding hydrogens is 228 g/mol. The zero-order valence-corrected chi connectivity index (χ0v) is 11.7. The van der Waals surface area contributed by atoms with Gasteiger partial charge in [0.25, 0.3) is 0 Å². The fourth-order valence-electron chi connectivity index (χ4n) is 2.06. The Kier molecular flexibility index (Phi) is 5.59. The number of benzene rings is 1. The number of thiocarbonyl (C=S) groups is 1. The molecule has 0 aliphatic rings. The first-order valence-electron chi connectivity index (χ1n) is 6.11.